The van der Waals surface area contributed by atoms with Crippen LogP contribution in [0, 0.1) is 6.07 Å². The summed E-state index contributed by atoms with van der Waals surface area (Å²) < 4.78 is 4.49. The Labute approximate surface area is 105 Å². The Bertz CT molecular complexity index is 545. The molecule has 0 amide bonds. The van der Waals surface area contributed by atoms with Crippen LogP contribution in [0.3, 0.4) is 0 Å². The monoisotopic (exact) mass is 236 g/mol. The van der Waals surface area contributed by atoms with Gasteiger partial charge in [0.15, 0.2) is 0 Å². The van der Waals surface area contributed by atoms with E-state index in [1.54, 1.807) is 0 Å². The van der Waals surface area contributed by atoms with Crippen molar-refractivity contribution in [2.24, 2.45) is 0 Å². The lowest BCUT2D eigenvalue weighted by Crippen LogP contribution is -1.74. The molecular formula is C15H10NS. The smallest absolute Gasteiger partial charge is 0.0847 e. The van der Waals surface area contributed by atoms with Crippen molar-refractivity contribution in [1.29, 1.82) is 0 Å². The van der Waals surface area contributed by atoms with Gasteiger partial charge in [-0.1, -0.05) is 54.6 Å². The van der Waals surface area contributed by atoms with Crippen LogP contribution in [0.1, 0.15) is 0 Å². The summed E-state index contributed by atoms with van der Waals surface area (Å²) in [5.74, 6) is 0. The van der Waals surface area contributed by atoms with Crippen molar-refractivity contribution in [3.63, 3.8) is 0 Å². The van der Waals surface area contributed by atoms with Gasteiger partial charge in [-0.2, -0.15) is 4.37 Å². The summed E-state index contributed by atoms with van der Waals surface area (Å²) in [5, 5.41) is 0. The van der Waals surface area contributed by atoms with Crippen molar-refractivity contribution in [3.05, 3.63) is 66.7 Å². The predicted molar refractivity (Wildman–Crippen MR) is 71.8 cm³/mol. The Morgan fingerprint density at radius 1 is 0.882 bits per heavy atom. The number of rotatable bonds is 2. The van der Waals surface area contributed by atoms with Crippen LogP contribution in [0.25, 0.3) is 21.7 Å². The Hall–Kier alpha value is -1.93. The molecule has 1 heterocycles. The van der Waals surface area contributed by atoms with E-state index in [9.17, 15) is 0 Å². The van der Waals surface area contributed by atoms with Gasteiger partial charge in [0.25, 0.3) is 0 Å². The first-order chi connectivity index (χ1) is 8.43. The molecular weight excluding hydrogens is 226 g/mol. The van der Waals surface area contributed by atoms with Gasteiger partial charge in [-0.05, 0) is 29.2 Å². The SMILES string of the molecule is [c]1ccc(-c2cc(-c3ccccc3)sn2)cc1. The molecule has 0 unspecified atom stereocenters. The summed E-state index contributed by atoms with van der Waals surface area (Å²) >= 11 is 1.54. The van der Waals surface area contributed by atoms with Gasteiger partial charge in [0, 0.05) is 5.56 Å². The van der Waals surface area contributed by atoms with Crippen molar-refractivity contribution in [1.82, 2.24) is 4.37 Å². The second-order valence-corrected chi connectivity index (χ2v) is 4.54. The van der Waals surface area contributed by atoms with E-state index >= 15 is 0 Å². The minimum absolute atomic E-state index is 1.03. The summed E-state index contributed by atoms with van der Waals surface area (Å²) in [4.78, 5) is 1.20. The second kappa shape index (κ2) is 4.52. The van der Waals surface area contributed by atoms with Gasteiger partial charge in [0.2, 0.25) is 0 Å². The highest BCUT2D eigenvalue weighted by Gasteiger charge is 2.05. The summed E-state index contributed by atoms with van der Waals surface area (Å²) in [7, 11) is 0. The molecule has 0 saturated carbocycles. The lowest BCUT2D eigenvalue weighted by atomic mass is 10.1. The number of hydrogen-bond acceptors (Lipinski definition) is 2. The molecule has 2 heteroatoms. The van der Waals surface area contributed by atoms with Crippen LogP contribution in [0.2, 0.25) is 0 Å². The fourth-order valence-corrected chi connectivity index (χ4v) is 2.47. The molecule has 1 aromatic heterocycles. The van der Waals surface area contributed by atoms with Gasteiger partial charge in [0.05, 0.1) is 10.6 Å². The molecule has 0 aliphatic carbocycles. The number of hydrogen-bond donors (Lipinski definition) is 0. The van der Waals surface area contributed by atoms with Gasteiger partial charge < -0.3 is 0 Å². The highest BCUT2D eigenvalue weighted by molar-refractivity contribution is 7.09. The van der Waals surface area contributed by atoms with E-state index in [0.717, 1.165) is 11.3 Å². The number of nitrogens with zero attached hydrogens (tertiary/aromatic N) is 1. The lowest BCUT2D eigenvalue weighted by Gasteiger charge is -1.94. The van der Waals surface area contributed by atoms with E-state index in [2.05, 4.69) is 28.6 Å². The van der Waals surface area contributed by atoms with Crippen LogP contribution in [0.4, 0.5) is 0 Å². The first-order valence-electron chi connectivity index (χ1n) is 5.42. The van der Waals surface area contributed by atoms with Crippen molar-refractivity contribution in [2.45, 2.75) is 0 Å². The Morgan fingerprint density at radius 2 is 1.65 bits per heavy atom. The largest absolute Gasteiger partial charge is 0.192 e. The standard InChI is InChI=1S/C15H10NS/c1-3-7-12(8-4-1)14-11-15(17-16-14)13-9-5-2-6-10-13/h2-11H. The second-order valence-electron chi connectivity index (χ2n) is 3.73. The predicted octanol–water partition coefficient (Wildman–Crippen LogP) is 4.28. The Balaban J connectivity index is 1.99. The van der Waals surface area contributed by atoms with E-state index in [1.165, 1.54) is 22.0 Å². The molecule has 0 aliphatic heterocycles. The van der Waals surface area contributed by atoms with Gasteiger partial charge in [-0.3, -0.25) is 0 Å². The maximum absolute atomic E-state index is 4.49. The summed E-state index contributed by atoms with van der Waals surface area (Å²) in [6.45, 7) is 0. The van der Waals surface area contributed by atoms with Crippen molar-refractivity contribution in [3.8, 4) is 21.7 Å². The fourth-order valence-electron chi connectivity index (χ4n) is 1.71. The molecule has 0 fully saturated rings. The molecule has 1 radical (unpaired) electrons. The molecule has 0 spiro atoms. The fraction of sp³-hybridized carbons (Fsp3) is 0. The maximum atomic E-state index is 4.49. The van der Waals surface area contributed by atoms with Gasteiger partial charge in [0.1, 0.15) is 0 Å². The zero-order chi connectivity index (χ0) is 11.5. The third-order valence-electron chi connectivity index (χ3n) is 2.58. The lowest BCUT2D eigenvalue weighted by molar-refractivity contribution is 1.52. The quantitative estimate of drug-likeness (QED) is 0.647. The van der Waals surface area contributed by atoms with E-state index in [0.29, 0.717) is 0 Å². The normalized spacial score (nSPS) is 10.4. The zero-order valence-corrected chi connectivity index (χ0v) is 9.95. The number of benzene rings is 2. The first-order valence-corrected chi connectivity index (χ1v) is 6.19. The average Bonchev–Trinajstić information content (AvgIpc) is 2.90. The van der Waals surface area contributed by atoms with E-state index in [1.807, 2.05) is 42.5 Å². The third-order valence-corrected chi connectivity index (χ3v) is 3.42. The van der Waals surface area contributed by atoms with Gasteiger partial charge >= 0.3 is 0 Å². The van der Waals surface area contributed by atoms with Crippen LogP contribution < -0.4 is 0 Å². The van der Waals surface area contributed by atoms with E-state index < -0.39 is 0 Å². The summed E-state index contributed by atoms with van der Waals surface area (Å²) in [6, 6.07) is 23.4. The summed E-state index contributed by atoms with van der Waals surface area (Å²) in [6.07, 6.45) is 0. The van der Waals surface area contributed by atoms with Crippen molar-refractivity contribution in [2.75, 3.05) is 0 Å². The third kappa shape index (κ3) is 2.12. The first kappa shape index (κ1) is 10.2. The van der Waals surface area contributed by atoms with Crippen molar-refractivity contribution >= 4 is 11.5 Å². The Kier molecular flexibility index (Phi) is 2.72. The molecule has 81 valence electrons. The van der Waals surface area contributed by atoms with Crippen molar-refractivity contribution < 1.29 is 0 Å². The molecule has 17 heavy (non-hydrogen) atoms. The van der Waals surface area contributed by atoms with E-state index in [-0.39, 0.29) is 0 Å². The van der Waals surface area contributed by atoms with E-state index in [4.69, 9.17) is 0 Å². The zero-order valence-electron chi connectivity index (χ0n) is 9.13. The maximum Gasteiger partial charge on any atom is 0.0847 e. The molecule has 0 atom stereocenters. The molecule has 3 aromatic rings. The average molecular weight is 236 g/mol. The highest BCUT2D eigenvalue weighted by atomic mass is 32.1. The number of aromatic nitrogens is 1. The topological polar surface area (TPSA) is 12.9 Å². The molecule has 1 nitrogen and oxygen atoms in total. The molecule has 0 saturated heterocycles. The van der Waals surface area contributed by atoms with Crippen LogP contribution in [0.5, 0.6) is 0 Å². The minimum atomic E-state index is 1.03. The molecule has 0 aliphatic rings. The highest BCUT2D eigenvalue weighted by Crippen LogP contribution is 2.29. The van der Waals surface area contributed by atoms with Gasteiger partial charge in [-0.15, -0.1) is 0 Å². The minimum Gasteiger partial charge on any atom is -0.192 e. The molecule has 2 aromatic carbocycles. The molecule has 3 rings (SSSR count). The molecule has 0 N–H and O–H groups in total. The Morgan fingerprint density at radius 3 is 2.41 bits per heavy atom. The van der Waals surface area contributed by atoms with Crippen LogP contribution >= 0.6 is 11.5 Å². The molecule has 0 bridgehead atoms. The van der Waals surface area contributed by atoms with Crippen LogP contribution in [-0.4, -0.2) is 4.37 Å². The van der Waals surface area contributed by atoms with Crippen LogP contribution in [-0.2, 0) is 0 Å². The van der Waals surface area contributed by atoms with Crippen LogP contribution in [0.15, 0.2) is 60.7 Å². The summed E-state index contributed by atoms with van der Waals surface area (Å²) in [5.41, 5.74) is 3.39. The van der Waals surface area contributed by atoms with Gasteiger partial charge in [-0.25, -0.2) is 0 Å².